The van der Waals surface area contributed by atoms with E-state index in [1.807, 2.05) is 65.6 Å². The van der Waals surface area contributed by atoms with Crippen molar-refractivity contribution in [2.45, 2.75) is 69.1 Å². The summed E-state index contributed by atoms with van der Waals surface area (Å²) in [5, 5.41) is 14.4. The molecule has 4 aliphatic rings. The quantitative estimate of drug-likeness (QED) is 0.328. The first-order chi connectivity index (χ1) is 24.1. The number of aliphatic hydroxyl groups excluding tert-OH is 1. The Bertz CT molecular complexity index is 1750. The average molecular weight is 697 g/mol. The Labute approximate surface area is 295 Å². The van der Waals surface area contributed by atoms with Crippen LogP contribution < -0.4 is 25.0 Å². The van der Waals surface area contributed by atoms with Gasteiger partial charge in [-0.25, -0.2) is 0 Å². The fraction of sp³-hybridized carbons (Fsp3) is 0.462. The summed E-state index contributed by atoms with van der Waals surface area (Å²) >= 11 is 0. The molecule has 264 valence electrons. The molecule has 4 heterocycles. The van der Waals surface area contributed by atoms with E-state index in [4.69, 9.17) is 9.47 Å². The van der Waals surface area contributed by atoms with Gasteiger partial charge in [-0.3, -0.25) is 14.4 Å². The molecule has 3 amide bonds. The van der Waals surface area contributed by atoms with Crippen LogP contribution >= 0.6 is 0 Å². The summed E-state index contributed by atoms with van der Waals surface area (Å²) in [6.07, 6.45) is 1.21. The van der Waals surface area contributed by atoms with Crippen molar-refractivity contribution in [3.05, 3.63) is 83.9 Å². The van der Waals surface area contributed by atoms with Crippen LogP contribution in [-0.2, 0) is 31.3 Å². The van der Waals surface area contributed by atoms with Gasteiger partial charge in [-0.05, 0) is 54.3 Å². The molecule has 7 rings (SSSR count). The van der Waals surface area contributed by atoms with Crippen molar-refractivity contribution < 1.29 is 29.0 Å². The molecule has 3 aromatic carbocycles. The number of ether oxygens (including phenoxy) is 2. The SMILES string of the molecule is COc1ccc([Si](C)(C)[C@@H]2[C@@H](CC(=O)N3CCC[C@H]3CO)O[C@]3(C(=O)N(Cc4ccccc4)c4ccc(N5CCNCC5=O)cc43)[C@H]2C)cc1. The third-order valence-corrected chi connectivity index (χ3v) is 16.0. The molecule has 3 fully saturated rings. The fourth-order valence-electron chi connectivity index (χ4n) is 9.12. The first-order valence-corrected chi connectivity index (χ1v) is 20.9. The molecule has 11 heteroatoms. The Morgan fingerprint density at radius 1 is 1.06 bits per heavy atom. The molecule has 3 aromatic rings. The molecule has 2 N–H and O–H groups in total. The molecule has 5 atom stereocenters. The smallest absolute Gasteiger partial charge is 0.264 e. The van der Waals surface area contributed by atoms with Crippen molar-refractivity contribution in [3.63, 3.8) is 0 Å². The van der Waals surface area contributed by atoms with Crippen LogP contribution in [-0.4, -0.2) is 87.8 Å². The number of likely N-dealkylation sites (tertiary alicyclic amines) is 1. The maximum Gasteiger partial charge on any atom is 0.264 e. The number of fused-ring (bicyclic) bond motifs is 2. The highest BCUT2D eigenvalue weighted by Gasteiger charge is 2.66. The maximum atomic E-state index is 15.2. The van der Waals surface area contributed by atoms with Crippen LogP contribution in [0.25, 0.3) is 0 Å². The minimum Gasteiger partial charge on any atom is -0.497 e. The molecule has 0 unspecified atom stereocenters. The highest BCUT2D eigenvalue weighted by molar-refractivity contribution is 6.91. The molecule has 0 bridgehead atoms. The zero-order valence-corrected chi connectivity index (χ0v) is 30.4. The standard InChI is InChI=1S/C39H48N4O6Si/c1-26-37(50(3,4)31-15-13-30(48-2)14-16-31)34(22-35(45)41-19-8-11-29(41)25-44)49-39(26)32-21-28(42-20-18-40-23-36(42)46)12-17-33(32)43(38(39)47)24-27-9-6-5-7-10-27/h5-7,9-10,12-17,21,26,29,34,37,40,44H,8,11,18-20,22-25H2,1-4H3/t26-,29-,34+,37-,39+/m0/s1. The van der Waals surface area contributed by atoms with E-state index in [1.165, 1.54) is 5.19 Å². The first kappa shape index (κ1) is 34.4. The van der Waals surface area contributed by atoms with E-state index in [0.29, 0.717) is 26.2 Å². The van der Waals surface area contributed by atoms with E-state index in [0.717, 1.165) is 41.1 Å². The number of hydrogen-bond acceptors (Lipinski definition) is 7. The van der Waals surface area contributed by atoms with Crippen molar-refractivity contribution in [3.8, 4) is 5.75 Å². The molecule has 1 spiro atoms. The number of aliphatic hydroxyl groups is 1. The van der Waals surface area contributed by atoms with Gasteiger partial charge in [0.15, 0.2) is 5.60 Å². The number of benzene rings is 3. The summed E-state index contributed by atoms with van der Waals surface area (Å²) in [6.45, 7) is 9.11. The van der Waals surface area contributed by atoms with Gasteiger partial charge in [0.1, 0.15) is 5.75 Å². The van der Waals surface area contributed by atoms with Gasteiger partial charge in [0, 0.05) is 36.8 Å². The van der Waals surface area contributed by atoms with Crippen molar-refractivity contribution in [1.29, 1.82) is 0 Å². The van der Waals surface area contributed by atoms with Crippen molar-refractivity contribution in [2.75, 3.05) is 49.7 Å². The van der Waals surface area contributed by atoms with Crippen LogP contribution in [0.15, 0.2) is 72.8 Å². The highest BCUT2D eigenvalue weighted by atomic mass is 28.3. The number of nitrogens with one attached hydrogen (secondary N) is 1. The number of nitrogens with zero attached hydrogens (tertiary/aromatic N) is 3. The topological polar surface area (TPSA) is 112 Å². The monoisotopic (exact) mass is 696 g/mol. The second-order valence-corrected chi connectivity index (χ2v) is 19.4. The number of carbonyl (C=O) groups excluding carboxylic acids is 3. The predicted molar refractivity (Wildman–Crippen MR) is 195 cm³/mol. The van der Waals surface area contributed by atoms with E-state index in [9.17, 15) is 14.7 Å². The lowest BCUT2D eigenvalue weighted by atomic mass is 9.82. The van der Waals surface area contributed by atoms with Crippen LogP contribution in [0.2, 0.25) is 18.6 Å². The van der Waals surface area contributed by atoms with Crippen molar-refractivity contribution >= 4 is 42.4 Å². The Morgan fingerprint density at radius 3 is 2.52 bits per heavy atom. The Balaban J connectivity index is 1.35. The lowest BCUT2D eigenvalue weighted by Crippen LogP contribution is -2.52. The normalized spacial score (nSPS) is 26.6. The third-order valence-electron chi connectivity index (χ3n) is 11.7. The molecule has 3 saturated heterocycles. The van der Waals surface area contributed by atoms with Crippen LogP contribution in [0.4, 0.5) is 11.4 Å². The molecule has 0 saturated carbocycles. The molecule has 0 aromatic heterocycles. The van der Waals surface area contributed by atoms with Crippen molar-refractivity contribution in [1.82, 2.24) is 10.2 Å². The van der Waals surface area contributed by atoms with Gasteiger partial charge in [0.05, 0.1) is 59.1 Å². The van der Waals surface area contributed by atoms with Crippen LogP contribution in [0.5, 0.6) is 5.75 Å². The second-order valence-electron chi connectivity index (χ2n) is 14.7. The Kier molecular flexibility index (Phi) is 9.36. The number of rotatable bonds is 9. The van der Waals surface area contributed by atoms with Gasteiger partial charge in [0.25, 0.3) is 5.91 Å². The number of hydrogen-bond donors (Lipinski definition) is 2. The summed E-state index contributed by atoms with van der Waals surface area (Å²) in [4.78, 5) is 47.8. The molecular formula is C39H48N4O6Si. The number of piperazine rings is 1. The Hall–Kier alpha value is -4.03. The van der Waals surface area contributed by atoms with Crippen molar-refractivity contribution in [2.24, 2.45) is 5.92 Å². The molecule has 0 aliphatic carbocycles. The molecular weight excluding hydrogens is 649 g/mol. The summed E-state index contributed by atoms with van der Waals surface area (Å²) in [5.74, 6) is 0.272. The number of amides is 3. The van der Waals surface area contributed by atoms with Gasteiger partial charge in [0.2, 0.25) is 11.8 Å². The van der Waals surface area contributed by atoms with Crippen LogP contribution in [0.3, 0.4) is 0 Å². The second kappa shape index (κ2) is 13.6. The van der Waals surface area contributed by atoms with Gasteiger partial charge < -0.3 is 34.6 Å². The van der Waals surface area contributed by atoms with E-state index in [-0.39, 0.29) is 54.8 Å². The minimum absolute atomic E-state index is 0.0189. The molecule has 0 radical (unpaired) electrons. The third kappa shape index (κ3) is 5.74. The van der Waals surface area contributed by atoms with E-state index < -0.39 is 19.8 Å². The van der Waals surface area contributed by atoms with Crippen LogP contribution in [0.1, 0.15) is 37.3 Å². The van der Waals surface area contributed by atoms with Gasteiger partial charge in [-0.1, -0.05) is 67.7 Å². The van der Waals surface area contributed by atoms with E-state index in [1.54, 1.807) is 16.9 Å². The van der Waals surface area contributed by atoms with Gasteiger partial charge in [-0.2, -0.15) is 0 Å². The number of anilines is 2. The summed E-state index contributed by atoms with van der Waals surface area (Å²) in [7, 11) is -0.828. The average Bonchev–Trinajstić information content (AvgIpc) is 3.79. The summed E-state index contributed by atoms with van der Waals surface area (Å²) in [5.41, 5.74) is 1.79. The zero-order chi connectivity index (χ0) is 35.2. The lowest BCUT2D eigenvalue weighted by Gasteiger charge is -2.37. The van der Waals surface area contributed by atoms with E-state index in [2.05, 4.69) is 37.5 Å². The molecule has 50 heavy (non-hydrogen) atoms. The lowest BCUT2D eigenvalue weighted by molar-refractivity contribution is -0.150. The van der Waals surface area contributed by atoms with Crippen LogP contribution in [0, 0.1) is 5.92 Å². The molecule has 4 aliphatic heterocycles. The minimum atomic E-state index is -2.48. The number of carbonyl (C=O) groups is 3. The summed E-state index contributed by atoms with van der Waals surface area (Å²) < 4.78 is 12.7. The van der Waals surface area contributed by atoms with Gasteiger partial charge in [-0.15, -0.1) is 0 Å². The zero-order valence-electron chi connectivity index (χ0n) is 29.4. The Morgan fingerprint density at radius 2 is 1.82 bits per heavy atom. The fourth-order valence-corrected chi connectivity index (χ4v) is 13.1. The maximum absolute atomic E-state index is 15.2. The van der Waals surface area contributed by atoms with Gasteiger partial charge >= 0.3 is 0 Å². The first-order valence-electron chi connectivity index (χ1n) is 17.8. The number of methoxy groups -OCH3 is 1. The summed E-state index contributed by atoms with van der Waals surface area (Å²) in [6, 6.07) is 23.8. The highest BCUT2D eigenvalue weighted by Crippen LogP contribution is 2.60. The molecule has 10 nitrogen and oxygen atoms in total. The largest absolute Gasteiger partial charge is 0.497 e. The predicted octanol–water partition coefficient (Wildman–Crippen LogP) is 3.77. The van der Waals surface area contributed by atoms with E-state index >= 15 is 4.79 Å².